The van der Waals surface area contributed by atoms with E-state index < -0.39 is 20.0 Å². The maximum atomic E-state index is 12.9. The van der Waals surface area contributed by atoms with Crippen molar-refractivity contribution in [2.75, 3.05) is 45.6 Å². The summed E-state index contributed by atoms with van der Waals surface area (Å²) in [6, 6.07) is 10.8. The second kappa shape index (κ2) is 12.2. The van der Waals surface area contributed by atoms with Crippen molar-refractivity contribution in [3.05, 3.63) is 48.0 Å². The van der Waals surface area contributed by atoms with E-state index in [1.54, 1.807) is 23.1 Å². The number of hydrogen-bond acceptors (Lipinski definition) is 7. The Morgan fingerprint density at radius 1 is 0.892 bits per heavy atom. The van der Waals surface area contributed by atoms with Crippen LogP contribution in [0.15, 0.2) is 57.2 Å². The number of amides is 1. The largest absolute Gasteiger partial charge is 0.492 e. The molecule has 1 amide bonds. The number of nitrogens with zero attached hydrogens (tertiary/aromatic N) is 2. The Labute approximate surface area is 223 Å². The first-order chi connectivity index (χ1) is 17.7. The zero-order valence-corrected chi connectivity index (χ0v) is 23.3. The molecule has 0 spiro atoms. The minimum atomic E-state index is -3.85. The third kappa shape index (κ3) is 6.66. The van der Waals surface area contributed by atoms with Gasteiger partial charge in [0.15, 0.2) is 0 Å². The zero-order chi connectivity index (χ0) is 26.5. The molecule has 0 aromatic heterocycles. The topological polar surface area (TPSA) is 113 Å². The molecule has 2 aromatic rings. The van der Waals surface area contributed by atoms with Crippen molar-refractivity contribution in [1.29, 1.82) is 0 Å². The molecular weight excluding hydrogens is 534 g/mol. The number of ether oxygens (including phenoxy) is 1. The first-order valence-corrected chi connectivity index (χ1v) is 16.6. The molecule has 4 rings (SSSR count). The van der Waals surface area contributed by atoms with Crippen LogP contribution < -0.4 is 9.46 Å². The number of likely N-dealkylation sites (tertiary alicyclic amines) is 1. The lowest BCUT2D eigenvalue weighted by Gasteiger charge is -2.25. The fourth-order valence-corrected chi connectivity index (χ4v) is 7.63. The molecule has 2 fully saturated rings. The average molecular weight is 568 g/mol. The summed E-state index contributed by atoms with van der Waals surface area (Å²) in [4.78, 5) is 15.7. The smallest absolute Gasteiger partial charge is 0.255 e. The third-order valence-electron chi connectivity index (χ3n) is 6.54. The summed E-state index contributed by atoms with van der Waals surface area (Å²) < 4.78 is 60.9. The zero-order valence-electron chi connectivity index (χ0n) is 20.9. The molecule has 0 bridgehead atoms. The van der Waals surface area contributed by atoms with Crippen molar-refractivity contribution in [1.82, 2.24) is 13.9 Å². The van der Waals surface area contributed by atoms with Crippen LogP contribution in [-0.4, -0.2) is 77.5 Å². The van der Waals surface area contributed by atoms with Crippen molar-refractivity contribution < 1.29 is 26.4 Å². The van der Waals surface area contributed by atoms with Crippen LogP contribution in [-0.2, 0) is 20.0 Å². The van der Waals surface area contributed by atoms with Gasteiger partial charge in [-0.3, -0.25) is 4.79 Å². The molecular formula is C25H33N3O6S3. The number of hydrogen-bond donors (Lipinski definition) is 1. The standard InChI is InChI=1S/C25H33N3O6S3/c1-35-24-12-11-22(19-23(24)25(29)27-14-5-6-15-27)36(30,31)26-13-18-34-20-7-9-21(10-8-20)37(32,33)28-16-3-2-4-17-28/h7-12,19,26H,2-6,13-18H2,1H3. The monoisotopic (exact) mass is 567 g/mol. The molecule has 0 radical (unpaired) electrons. The minimum absolute atomic E-state index is 0.00977. The Kier molecular flexibility index (Phi) is 9.17. The van der Waals surface area contributed by atoms with Crippen LogP contribution in [0.3, 0.4) is 0 Å². The molecule has 2 saturated heterocycles. The average Bonchev–Trinajstić information content (AvgIpc) is 3.46. The van der Waals surface area contributed by atoms with Crippen LogP contribution >= 0.6 is 11.8 Å². The van der Waals surface area contributed by atoms with Crippen LogP contribution in [0.1, 0.15) is 42.5 Å². The van der Waals surface area contributed by atoms with Gasteiger partial charge in [0.05, 0.1) is 15.4 Å². The predicted octanol–water partition coefficient (Wildman–Crippen LogP) is 3.18. The number of carbonyl (C=O) groups excluding carboxylic acids is 1. The second-order valence-electron chi connectivity index (χ2n) is 9.04. The number of piperidine rings is 1. The summed E-state index contributed by atoms with van der Waals surface area (Å²) in [7, 11) is -7.37. The highest BCUT2D eigenvalue weighted by molar-refractivity contribution is 7.98. The Bertz CT molecular complexity index is 1300. The number of benzene rings is 2. The molecule has 1 N–H and O–H groups in total. The maximum Gasteiger partial charge on any atom is 0.255 e. The number of thioether (sulfide) groups is 1. The van der Waals surface area contributed by atoms with E-state index in [0.29, 0.717) is 37.5 Å². The number of carbonyl (C=O) groups is 1. The van der Waals surface area contributed by atoms with Crippen LogP contribution in [0.25, 0.3) is 0 Å². The Balaban J connectivity index is 1.34. The molecule has 2 aromatic carbocycles. The lowest BCUT2D eigenvalue weighted by molar-refractivity contribution is 0.0789. The lowest BCUT2D eigenvalue weighted by atomic mass is 10.2. The molecule has 202 valence electrons. The maximum absolute atomic E-state index is 12.9. The van der Waals surface area contributed by atoms with E-state index in [1.807, 2.05) is 6.26 Å². The van der Waals surface area contributed by atoms with Gasteiger partial charge in [-0.2, -0.15) is 4.31 Å². The summed E-state index contributed by atoms with van der Waals surface area (Å²) in [5.41, 5.74) is 0.396. The van der Waals surface area contributed by atoms with E-state index in [9.17, 15) is 21.6 Å². The van der Waals surface area contributed by atoms with Crippen LogP contribution in [0.5, 0.6) is 5.75 Å². The van der Waals surface area contributed by atoms with Gasteiger partial charge in [-0.25, -0.2) is 21.6 Å². The van der Waals surface area contributed by atoms with Crippen molar-refractivity contribution in [2.24, 2.45) is 0 Å². The SMILES string of the molecule is CSc1ccc(S(=O)(=O)NCCOc2ccc(S(=O)(=O)N3CCCCC3)cc2)cc1C(=O)N1CCCC1. The second-order valence-corrected chi connectivity index (χ2v) is 13.6. The molecule has 2 aliphatic rings. The Morgan fingerprint density at radius 2 is 1.51 bits per heavy atom. The normalized spacial score (nSPS) is 17.2. The van der Waals surface area contributed by atoms with E-state index in [1.165, 1.54) is 40.3 Å². The summed E-state index contributed by atoms with van der Waals surface area (Å²) >= 11 is 1.41. The van der Waals surface area contributed by atoms with Gasteiger partial charge in [0, 0.05) is 37.6 Å². The molecule has 2 heterocycles. The number of rotatable bonds is 10. The Morgan fingerprint density at radius 3 is 2.16 bits per heavy atom. The molecule has 0 unspecified atom stereocenters. The van der Waals surface area contributed by atoms with Crippen molar-refractivity contribution >= 4 is 37.7 Å². The number of sulfonamides is 2. The third-order valence-corrected chi connectivity index (χ3v) is 10.7. The van der Waals surface area contributed by atoms with Crippen LogP contribution in [0.4, 0.5) is 0 Å². The number of nitrogens with one attached hydrogen (secondary N) is 1. The fourth-order valence-electron chi connectivity index (χ4n) is 4.50. The first-order valence-electron chi connectivity index (χ1n) is 12.4. The summed E-state index contributed by atoms with van der Waals surface area (Å²) in [6.07, 6.45) is 6.55. The van der Waals surface area contributed by atoms with E-state index in [-0.39, 0.29) is 28.8 Å². The van der Waals surface area contributed by atoms with Crippen molar-refractivity contribution in [3.63, 3.8) is 0 Å². The first kappa shape index (κ1) is 27.9. The molecule has 9 nitrogen and oxygen atoms in total. The highest BCUT2D eigenvalue weighted by atomic mass is 32.2. The van der Waals surface area contributed by atoms with Gasteiger partial charge >= 0.3 is 0 Å². The van der Waals surface area contributed by atoms with Gasteiger partial charge < -0.3 is 9.64 Å². The molecule has 37 heavy (non-hydrogen) atoms. The van der Waals surface area contributed by atoms with Gasteiger partial charge in [0.2, 0.25) is 20.0 Å². The van der Waals surface area contributed by atoms with Gasteiger partial charge in [0.1, 0.15) is 12.4 Å². The van der Waals surface area contributed by atoms with Gasteiger partial charge in [-0.15, -0.1) is 11.8 Å². The molecule has 12 heteroatoms. The summed E-state index contributed by atoms with van der Waals surface area (Å²) in [5, 5.41) is 0. The van der Waals surface area contributed by atoms with Gasteiger partial charge in [0.25, 0.3) is 5.91 Å². The van der Waals surface area contributed by atoms with E-state index in [4.69, 9.17) is 4.74 Å². The summed E-state index contributed by atoms with van der Waals surface area (Å²) in [6.45, 7) is 2.51. The van der Waals surface area contributed by atoms with E-state index in [2.05, 4.69) is 4.72 Å². The van der Waals surface area contributed by atoms with Crippen molar-refractivity contribution in [3.8, 4) is 5.75 Å². The lowest BCUT2D eigenvalue weighted by Crippen LogP contribution is -2.35. The quantitative estimate of drug-likeness (QED) is 0.347. The van der Waals surface area contributed by atoms with E-state index in [0.717, 1.165) is 37.0 Å². The highest BCUT2D eigenvalue weighted by Gasteiger charge is 2.26. The Hall–Kier alpha value is -2.12. The highest BCUT2D eigenvalue weighted by Crippen LogP contribution is 2.26. The van der Waals surface area contributed by atoms with E-state index >= 15 is 0 Å². The van der Waals surface area contributed by atoms with Crippen LogP contribution in [0, 0.1) is 0 Å². The molecule has 0 aliphatic carbocycles. The van der Waals surface area contributed by atoms with Gasteiger partial charge in [-0.05, 0) is 74.4 Å². The van der Waals surface area contributed by atoms with Crippen molar-refractivity contribution in [2.45, 2.75) is 46.8 Å². The van der Waals surface area contributed by atoms with Crippen LogP contribution in [0.2, 0.25) is 0 Å². The predicted molar refractivity (Wildman–Crippen MR) is 143 cm³/mol. The summed E-state index contributed by atoms with van der Waals surface area (Å²) in [5.74, 6) is 0.299. The molecule has 2 aliphatic heterocycles. The molecule has 0 saturated carbocycles. The fraction of sp³-hybridized carbons (Fsp3) is 0.480. The minimum Gasteiger partial charge on any atom is -0.492 e. The van der Waals surface area contributed by atoms with Gasteiger partial charge in [-0.1, -0.05) is 6.42 Å². The molecule has 0 atom stereocenters.